The number of hydrogen-bond donors (Lipinski definition) is 0. The van der Waals surface area contributed by atoms with Crippen LogP contribution in [-0.2, 0) is 27.8 Å². The molecule has 8 nitrogen and oxygen atoms in total. The SMILES string of the molecule is CON(C)S(=O)(=O)c1cc([N+](=O)[O-])ccc1N1CCc2cc(F)ccc2C1. The minimum Gasteiger partial charge on any atom is -0.366 e. The third-order valence-electron chi connectivity index (χ3n) is 4.55. The van der Waals surface area contributed by atoms with Crippen LogP contribution in [0.15, 0.2) is 41.3 Å². The van der Waals surface area contributed by atoms with E-state index in [1.54, 1.807) is 11.0 Å². The number of nitro benzene ring substituents is 1. The van der Waals surface area contributed by atoms with Crippen molar-refractivity contribution >= 4 is 21.4 Å². The minimum absolute atomic E-state index is 0.216. The number of hydroxylamine groups is 1. The molecule has 1 aliphatic heterocycles. The van der Waals surface area contributed by atoms with E-state index in [0.717, 1.165) is 17.2 Å². The van der Waals surface area contributed by atoms with Crippen molar-refractivity contribution in [3.8, 4) is 0 Å². The van der Waals surface area contributed by atoms with E-state index >= 15 is 0 Å². The van der Waals surface area contributed by atoms with Crippen LogP contribution in [0.4, 0.5) is 15.8 Å². The molecule has 0 aromatic heterocycles. The minimum atomic E-state index is -4.10. The van der Waals surface area contributed by atoms with Gasteiger partial charge >= 0.3 is 0 Å². The Morgan fingerprint density at radius 2 is 1.96 bits per heavy atom. The van der Waals surface area contributed by atoms with Crippen LogP contribution in [-0.4, -0.2) is 38.5 Å². The first-order valence-electron chi connectivity index (χ1n) is 8.08. The first-order valence-corrected chi connectivity index (χ1v) is 9.52. The second-order valence-electron chi connectivity index (χ2n) is 6.09. The Kier molecular flexibility index (Phi) is 5.13. The van der Waals surface area contributed by atoms with E-state index in [0.29, 0.717) is 29.7 Å². The van der Waals surface area contributed by atoms with Crippen molar-refractivity contribution in [3.63, 3.8) is 0 Å². The zero-order chi connectivity index (χ0) is 19.8. The van der Waals surface area contributed by atoms with Gasteiger partial charge in [0.05, 0.1) is 17.7 Å². The molecule has 0 saturated heterocycles. The topological polar surface area (TPSA) is 93.0 Å². The number of fused-ring (bicyclic) bond motifs is 1. The van der Waals surface area contributed by atoms with Crippen molar-refractivity contribution in [1.29, 1.82) is 0 Å². The summed E-state index contributed by atoms with van der Waals surface area (Å²) >= 11 is 0. The number of nitro groups is 1. The van der Waals surface area contributed by atoms with Crippen molar-refractivity contribution in [3.05, 3.63) is 63.5 Å². The molecule has 0 aliphatic carbocycles. The van der Waals surface area contributed by atoms with Crippen LogP contribution in [0.2, 0.25) is 0 Å². The zero-order valence-electron chi connectivity index (χ0n) is 14.8. The molecule has 0 unspecified atom stereocenters. The predicted octanol–water partition coefficient (Wildman–Crippen LogP) is 2.48. The summed E-state index contributed by atoms with van der Waals surface area (Å²) in [6.45, 7) is 0.820. The summed E-state index contributed by atoms with van der Waals surface area (Å²) in [6, 6.07) is 8.20. The number of rotatable bonds is 5. The summed E-state index contributed by atoms with van der Waals surface area (Å²) in [6.07, 6.45) is 0.531. The predicted molar refractivity (Wildman–Crippen MR) is 96.2 cm³/mol. The molecule has 0 amide bonds. The number of hydrogen-bond acceptors (Lipinski definition) is 6. The summed E-state index contributed by atoms with van der Waals surface area (Å²) in [5.74, 6) is -0.317. The van der Waals surface area contributed by atoms with Gasteiger partial charge in [-0.3, -0.25) is 15.0 Å². The molecular formula is C17H18FN3O5S. The molecule has 2 aromatic carbocycles. The van der Waals surface area contributed by atoms with Crippen LogP contribution in [0.25, 0.3) is 0 Å². The van der Waals surface area contributed by atoms with Crippen LogP contribution >= 0.6 is 0 Å². The number of benzene rings is 2. The maximum Gasteiger partial charge on any atom is 0.270 e. The molecule has 0 spiro atoms. The third kappa shape index (κ3) is 3.64. The maximum atomic E-state index is 13.4. The molecule has 0 bridgehead atoms. The molecule has 27 heavy (non-hydrogen) atoms. The van der Waals surface area contributed by atoms with E-state index in [1.807, 2.05) is 0 Å². The van der Waals surface area contributed by atoms with Gasteiger partial charge in [-0.2, -0.15) is 0 Å². The van der Waals surface area contributed by atoms with E-state index < -0.39 is 14.9 Å². The quantitative estimate of drug-likeness (QED) is 0.570. The highest BCUT2D eigenvalue weighted by atomic mass is 32.2. The highest BCUT2D eigenvalue weighted by Gasteiger charge is 2.30. The zero-order valence-corrected chi connectivity index (χ0v) is 15.6. The lowest BCUT2D eigenvalue weighted by Crippen LogP contribution is -2.33. The normalized spacial score (nSPS) is 14.3. The lowest BCUT2D eigenvalue weighted by atomic mass is 9.99. The monoisotopic (exact) mass is 395 g/mol. The molecule has 0 atom stereocenters. The number of halogens is 1. The Labute approximate surface area is 155 Å². The van der Waals surface area contributed by atoms with Crippen molar-refractivity contribution in [1.82, 2.24) is 4.47 Å². The fourth-order valence-electron chi connectivity index (χ4n) is 3.05. The van der Waals surface area contributed by atoms with Gasteiger partial charge in [0.25, 0.3) is 15.7 Å². The van der Waals surface area contributed by atoms with Gasteiger partial charge in [0.15, 0.2) is 0 Å². The lowest BCUT2D eigenvalue weighted by molar-refractivity contribution is -0.385. The van der Waals surface area contributed by atoms with Crippen molar-refractivity contribution in [2.24, 2.45) is 0 Å². The molecule has 0 saturated carbocycles. The van der Waals surface area contributed by atoms with Gasteiger partial charge in [0.1, 0.15) is 10.7 Å². The van der Waals surface area contributed by atoms with Gasteiger partial charge < -0.3 is 4.90 Å². The van der Waals surface area contributed by atoms with Gasteiger partial charge in [0.2, 0.25) is 0 Å². The highest BCUT2D eigenvalue weighted by molar-refractivity contribution is 7.89. The van der Waals surface area contributed by atoms with Gasteiger partial charge in [-0.05, 0) is 35.7 Å². The van der Waals surface area contributed by atoms with Gasteiger partial charge in [-0.25, -0.2) is 12.8 Å². The summed E-state index contributed by atoms with van der Waals surface area (Å²) in [4.78, 5) is 16.9. The Bertz CT molecular complexity index is 996. The standard InChI is InChI=1S/C17H18FN3O5S/c1-19(26-2)27(24,25)17-10-15(21(22)23)5-6-16(17)20-8-7-12-9-14(18)4-3-13(12)11-20/h3-6,9-10H,7-8,11H2,1-2H3. The van der Waals surface area contributed by atoms with Crippen LogP contribution in [0.1, 0.15) is 11.1 Å². The van der Waals surface area contributed by atoms with Crippen LogP contribution in [0, 0.1) is 15.9 Å². The van der Waals surface area contributed by atoms with Crippen LogP contribution < -0.4 is 4.90 Å². The summed E-state index contributed by atoms with van der Waals surface area (Å²) in [5, 5.41) is 11.1. The molecule has 0 radical (unpaired) electrons. The molecule has 1 aliphatic rings. The Morgan fingerprint density at radius 1 is 1.22 bits per heavy atom. The fourth-order valence-corrected chi connectivity index (χ4v) is 4.25. The molecule has 3 rings (SSSR count). The van der Waals surface area contributed by atoms with Gasteiger partial charge in [0, 0.05) is 32.3 Å². The smallest absolute Gasteiger partial charge is 0.270 e. The lowest BCUT2D eigenvalue weighted by Gasteiger charge is -2.32. The number of anilines is 1. The second kappa shape index (κ2) is 7.22. The molecular weight excluding hydrogens is 377 g/mol. The molecule has 10 heteroatoms. The number of non-ortho nitro benzene ring substituents is 1. The number of sulfonamides is 1. The maximum absolute atomic E-state index is 13.4. The van der Waals surface area contributed by atoms with E-state index in [-0.39, 0.29) is 16.4 Å². The summed E-state index contributed by atoms with van der Waals surface area (Å²) in [7, 11) is -1.69. The van der Waals surface area contributed by atoms with E-state index in [2.05, 4.69) is 0 Å². The highest BCUT2D eigenvalue weighted by Crippen LogP contribution is 2.34. The Morgan fingerprint density at radius 3 is 2.63 bits per heavy atom. The van der Waals surface area contributed by atoms with Crippen molar-refractivity contribution in [2.45, 2.75) is 17.9 Å². The van der Waals surface area contributed by atoms with Crippen LogP contribution in [0.5, 0.6) is 0 Å². The second-order valence-corrected chi connectivity index (χ2v) is 8.00. The molecule has 144 valence electrons. The summed E-state index contributed by atoms with van der Waals surface area (Å²) < 4.78 is 39.7. The molecule has 2 aromatic rings. The first kappa shape index (κ1) is 19.2. The van der Waals surface area contributed by atoms with Crippen molar-refractivity contribution in [2.75, 3.05) is 25.6 Å². The van der Waals surface area contributed by atoms with Crippen LogP contribution in [0.3, 0.4) is 0 Å². The van der Waals surface area contributed by atoms with E-state index in [1.165, 1.54) is 38.4 Å². The average Bonchev–Trinajstić information content (AvgIpc) is 2.66. The first-order chi connectivity index (χ1) is 12.7. The van der Waals surface area contributed by atoms with E-state index in [9.17, 15) is 22.9 Å². The number of nitrogens with zero attached hydrogens (tertiary/aromatic N) is 3. The average molecular weight is 395 g/mol. The Balaban J connectivity index is 2.08. The molecule has 1 heterocycles. The largest absolute Gasteiger partial charge is 0.366 e. The van der Waals surface area contributed by atoms with Gasteiger partial charge in [-0.15, -0.1) is 0 Å². The van der Waals surface area contributed by atoms with E-state index in [4.69, 9.17) is 4.84 Å². The fraction of sp³-hybridized carbons (Fsp3) is 0.294. The third-order valence-corrected chi connectivity index (χ3v) is 6.26. The summed E-state index contributed by atoms with van der Waals surface area (Å²) in [5.41, 5.74) is 1.75. The molecule has 0 fully saturated rings. The molecule has 0 N–H and O–H groups in total. The van der Waals surface area contributed by atoms with Crippen molar-refractivity contribution < 1.29 is 22.6 Å². The Hall–Kier alpha value is -2.56. The van der Waals surface area contributed by atoms with Gasteiger partial charge in [-0.1, -0.05) is 10.5 Å².